The molecule has 3 heterocycles. The van der Waals surface area contributed by atoms with E-state index in [2.05, 4.69) is 25.0 Å². The summed E-state index contributed by atoms with van der Waals surface area (Å²) >= 11 is 0. The Labute approximate surface area is 166 Å². The molecule has 7 nitrogen and oxygen atoms in total. The van der Waals surface area contributed by atoms with Gasteiger partial charge in [-0.25, -0.2) is 0 Å². The van der Waals surface area contributed by atoms with Crippen molar-refractivity contribution in [3.63, 3.8) is 0 Å². The predicted molar refractivity (Wildman–Crippen MR) is 105 cm³/mol. The summed E-state index contributed by atoms with van der Waals surface area (Å²) in [6.07, 6.45) is 9.44. The van der Waals surface area contributed by atoms with Crippen molar-refractivity contribution in [1.29, 1.82) is 0 Å². The molecule has 0 aromatic carbocycles. The minimum Gasteiger partial charge on any atom is -0.369 e. The first-order valence-electron chi connectivity index (χ1n) is 10.3. The summed E-state index contributed by atoms with van der Waals surface area (Å²) in [5.41, 5.74) is 1.94. The molecule has 0 bridgehead atoms. The van der Waals surface area contributed by atoms with Crippen LogP contribution < -0.4 is 0 Å². The maximum Gasteiger partial charge on any atom is 0.237 e. The van der Waals surface area contributed by atoms with E-state index in [4.69, 9.17) is 4.74 Å². The average Bonchev–Trinajstić information content (AvgIpc) is 3.18. The van der Waals surface area contributed by atoms with Crippen LogP contribution in [0.25, 0.3) is 0 Å². The highest BCUT2D eigenvalue weighted by molar-refractivity contribution is 5.79. The van der Waals surface area contributed by atoms with Gasteiger partial charge in [-0.3, -0.25) is 19.8 Å². The molecule has 1 atom stereocenters. The number of hydrogen-bond acceptors (Lipinski definition) is 5. The molecule has 1 unspecified atom stereocenters. The van der Waals surface area contributed by atoms with Crippen molar-refractivity contribution in [3.8, 4) is 0 Å². The Balaban J connectivity index is 1.46. The summed E-state index contributed by atoms with van der Waals surface area (Å²) < 4.78 is 6.24. The van der Waals surface area contributed by atoms with Gasteiger partial charge in [0.2, 0.25) is 5.91 Å². The molecule has 1 aliphatic carbocycles. The lowest BCUT2D eigenvalue weighted by Crippen LogP contribution is -2.45. The fourth-order valence-corrected chi connectivity index (χ4v) is 4.29. The number of amides is 1. The van der Waals surface area contributed by atoms with Crippen LogP contribution in [0, 0.1) is 0 Å². The maximum absolute atomic E-state index is 13.1. The zero-order valence-corrected chi connectivity index (χ0v) is 16.3. The van der Waals surface area contributed by atoms with Crippen LogP contribution in [-0.4, -0.2) is 62.7 Å². The fourth-order valence-electron chi connectivity index (χ4n) is 4.29. The Bertz CT molecular complexity index is 731. The number of nitrogens with zero attached hydrogens (tertiary/aromatic N) is 4. The van der Waals surface area contributed by atoms with E-state index >= 15 is 0 Å². The summed E-state index contributed by atoms with van der Waals surface area (Å²) in [5, 5.41) is 7.03. The van der Waals surface area contributed by atoms with E-state index in [0.717, 1.165) is 30.8 Å². The summed E-state index contributed by atoms with van der Waals surface area (Å²) in [4.78, 5) is 21.7. The third kappa shape index (κ3) is 4.97. The molecule has 2 aromatic heterocycles. The van der Waals surface area contributed by atoms with E-state index in [1.165, 1.54) is 19.3 Å². The molecular weight excluding hydrogens is 354 g/mol. The molecule has 1 aliphatic heterocycles. The van der Waals surface area contributed by atoms with Gasteiger partial charge in [0.1, 0.15) is 0 Å². The second kappa shape index (κ2) is 9.30. The van der Waals surface area contributed by atoms with Crippen LogP contribution in [0.4, 0.5) is 0 Å². The summed E-state index contributed by atoms with van der Waals surface area (Å²) in [6, 6.07) is 8.17. The van der Waals surface area contributed by atoms with Crippen molar-refractivity contribution < 1.29 is 9.53 Å². The summed E-state index contributed by atoms with van der Waals surface area (Å²) in [5.74, 6) is 0.218. The van der Waals surface area contributed by atoms with Crippen molar-refractivity contribution in [1.82, 2.24) is 25.0 Å². The van der Waals surface area contributed by atoms with E-state index in [1.807, 2.05) is 24.3 Å². The van der Waals surface area contributed by atoms with Gasteiger partial charge in [0.05, 0.1) is 24.9 Å². The van der Waals surface area contributed by atoms with Gasteiger partial charge in [-0.2, -0.15) is 5.10 Å². The predicted octanol–water partition coefficient (Wildman–Crippen LogP) is 2.37. The highest BCUT2D eigenvalue weighted by Gasteiger charge is 2.33. The second-order valence-electron chi connectivity index (χ2n) is 7.84. The number of ether oxygens (including phenoxy) is 1. The molecular formula is C21H29N5O2. The lowest BCUT2D eigenvalue weighted by atomic mass is 9.94. The maximum atomic E-state index is 13.1. The standard InChI is InChI=1S/C21H29N5O2/c27-21-15-25(12-17-9-11-23-24-17)13-20(28-16-18-6-4-5-10-22-18)14-26(21)19-7-2-1-3-8-19/h4-6,9-11,19-20H,1-3,7-8,12-16H2,(H,23,24). The molecule has 1 saturated heterocycles. The zero-order valence-electron chi connectivity index (χ0n) is 16.3. The SMILES string of the molecule is O=C1CN(Cc2ccn[nH]2)CC(OCc2ccccn2)CN1C1CCCCC1. The molecule has 2 fully saturated rings. The number of rotatable bonds is 6. The number of aromatic nitrogens is 3. The Morgan fingerprint density at radius 2 is 2.00 bits per heavy atom. The number of carbonyl (C=O) groups excluding carboxylic acids is 1. The van der Waals surface area contributed by atoms with E-state index in [-0.39, 0.29) is 12.0 Å². The van der Waals surface area contributed by atoms with Crippen LogP contribution >= 0.6 is 0 Å². The monoisotopic (exact) mass is 383 g/mol. The van der Waals surface area contributed by atoms with Gasteiger partial charge in [0, 0.05) is 43.8 Å². The zero-order chi connectivity index (χ0) is 19.2. The minimum atomic E-state index is -0.0293. The van der Waals surface area contributed by atoms with Crippen molar-refractivity contribution in [2.45, 2.75) is 57.4 Å². The lowest BCUT2D eigenvalue weighted by Gasteiger charge is -2.35. The molecule has 0 spiro atoms. The van der Waals surface area contributed by atoms with Gasteiger partial charge in [0.15, 0.2) is 0 Å². The normalized spacial score (nSPS) is 22.4. The van der Waals surface area contributed by atoms with Gasteiger partial charge in [0.25, 0.3) is 0 Å². The Kier molecular flexibility index (Phi) is 6.34. The van der Waals surface area contributed by atoms with Gasteiger partial charge >= 0.3 is 0 Å². The smallest absolute Gasteiger partial charge is 0.237 e. The number of nitrogens with one attached hydrogen (secondary N) is 1. The third-order valence-corrected chi connectivity index (χ3v) is 5.70. The third-order valence-electron chi connectivity index (χ3n) is 5.70. The van der Waals surface area contributed by atoms with Gasteiger partial charge < -0.3 is 9.64 Å². The van der Waals surface area contributed by atoms with Crippen LogP contribution in [0.1, 0.15) is 43.5 Å². The summed E-state index contributed by atoms with van der Waals surface area (Å²) in [6.45, 7) is 2.96. The summed E-state index contributed by atoms with van der Waals surface area (Å²) in [7, 11) is 0. The highest BCUT2D eigenvalue weighted by atomic mass is 16.5. The first kappa shape index (κ1) is 19.1. The van der Waals surface area contributed by atoms with E-state index < -0.39 is 0 Å². The van der Waals surface area contributed by atoms with Crippen LogP contribution in [-0.2, 0) is 22.7 Å². The van der Waals surface area contributed by atoms with E-state index in [1.54, 1.807) is 12.4 Å². The Morgan fingerprint density at radius 3 is 2.75 bits per heavy atom. The largest absolute Gasteiger partial charge is 0.369 e. The molecule has 7 heteroatoms. The number of hydrogen-bond donors (Lipinski definition) is 1. The lowest BCUT2D eigenvalue weighted by molar-refractivity contribution is -0.135. The van der Waals surface area contributed by atoms with E-state index in [0.29, 0.717) is 32.3 Å². The van der Waals surface area contributed by atoms with Gasteiger partial charge in [-0.1, -0.05) is 25.3 Å². The molecule has 1 saturated carbocycles. The van der Waals surface area contributed by atoms with Crippen molar-refractivity contribution >= 4 is 5.91 Å². The number of carbonyl (C=O) groups is 1. The van der Waals surface area contributed by atoms with Gasteiger partial charge in [-0.15, -0.1) is 0 Å². The molecule has 4 rings (SSSR count). The minimum absolute atomic E-state index is 0.0293. The average molecular weight is 383 g/mol. The molecule has 28 heavy (non-hydrogen) atoms. The first-order valence-corrected chi connectivity index (χ1v) is 10.3. The van der Waals surface area contributed by atoms with E-state index in [9.17, 15) is 4.79 Å². The topological polar surface area (TPSA) is 74.3 Å². The molecule has 1 amide bonds. The molecule has 2 aromatic rings. The molecule has 150 valence electrons. The molecule has 1 N–H and O–H groups in total. The Morgan fingerprint density at radius 1 is 1.11 bits per heavy atom. The fraction of sp³-hybridized carbons (Fsp3) is 0.571. The molecule has 2 aliphatic rings. The first-order chi connectivity index (χ1) is 13.8. The highest BCUT2D eigenvalue weighted by Crippen LogP contribution is 2.25. The number of H-pyrrole nitrogens is 1. The molecule has 0 radical (unpaired) electrons. The van der Waals surface area contributed by atoms with Gasteiger partial charge in [-0.05, 0) is 31.0 Å². The van der Waals surface area contributed by atoms with Crippen LogP contribution in [0.3, 0.4) is 0 Å². The van der Waals surface area contributed by atoms with Crippen LogP contribution in [0.15, 0.2) is 36.7 Å². The van der Waals surface area contributed by atoms with Crippen molar-refractivity contribution in [2.75, 3.05) is 19.6 Å². The number of aromatic amines is 1. The number of pyridine rings is 1. The second-order valence-corrected chi connectivity index (χ2v) is 7.84. The van der Waals surface area contributed by atoms with Crippen molar-refractivity contribution in [2.24, 2.45) is 0 Å². The van der Waals surface area contributed by atoms with Crippen LogP contribution in [0.2, 0.25) is 0 Å². The van der Waals surface area contributed by atoms with Crippen LogP contribution in [0.5, 0.6) is 0 Å². The van der Waals surface area contributed by atoms with Crippen molar-refractivity contribution in [3.05, 3.63) is 48.0 Å². The quantitative estimate of drug-likeness (QED) is 0.829. The Hall–Kier alpha value is -2.25.